The van der Waals surface area contributed by atoms with E-state index in [0.29, 0.717) is 27.8 Å². The van der Waals surface area contributed by atoms with Crippen LogP contribution < -0.4 is 4.90 Å². The number of anilines is 1. The fourth-order valence-electron chi connectivity index (χ4n) is 4.22. The molecule has 31 heavy (non-hydrogen) atoms. The largest absolute Gasteiger partial charge is 0.416 e. The van der Waals surface area contributed by atoms with Crippen LogP contribution >= 0.6 is 11.6 Å². The second-order valence-electron chi connectivity index (χ2n) is 8.04. The van der Waals surface area contributed by atoms with Crippen molar-refractivity contribution in [3.05, 3.63) is 53.1 Å². The third kappa shape index (κ3) is 3.59. The fourth-order valence-corrected chi connectivity index (χ4v) is 4.40. The van der Waals surface area contributed by atoms with Crippen molar-refractivity contribution in [2.75, 3.05) is 18.0 Å². The summed E-state index contributed by atoms with van der Waals surface area (Å²) in [6.07, 6.45) is -2.24. The highest BCUT2D eigenvalue weighted by Gasteiger charge is 2.31. The first-order valence-corrected chi connectivity index (χ1v) is 10.5. The molecule has 9 heteroatoms. The van der Waals surface area contributed by atoms with Gasteiger partial charge in [-0.2, -0.15) is 17.7 Å². The first-order valence-electron chi connectivity index (χ1n) is 10.1. The van der Waals surface area contributed by atoms with E-state index in [1.54, 1.807) is 16.6 Å². The molecule has 4 aromatic rings. The topological polar surface area (TPSA) is 46.3 Å². The molecular weight excluding hydrogens is 427 g/mol. The maximum Gasteiger partial charge on any atom is 0.416 e. The van der Waals surface area contributed by atoms with Crippen molar-refractivity contribution in [3.8, 4) is 11.3 Å². The van der Waals surface area contributed by atoms with Gasteiger partial charge in [0.05, 0.1) is 11.1 Å². The minimum atomic E-state index is -4.44. The predicted octanol–water partition coefficient (Wildman–Crippen LogP) is 5.85. The molecule has 0 bridgehead atoms. The molecule has 1 aliphatic rings. The van der Waals surface area contributed by atoms with E-state index in [4.69, 9.17) is 16.6 Å². The number of aromatic nitrogens is 4. The van der Waals surface area contributed by atoms with E-state index in [-0.39, 0.29) is 0 Å². The van der Waals surface area contributed by atoms with Crippen LogP contribution in [-0.2, 0) is 6.18 Å². The number of nitrogens with zero attached hydrogens (tertiary/aromatic N) is 5. The number of halogens is 4. The summed E-state index contributed by atoms with van der Waals surface area (Å²) in [4.78, 5) is 7.07. The Morgan fingerprint density at radius 2 is 1.97 bits per heavy atom. The lowest BCUT2D eigenvalue weighted by Gasteiger charge is -2.32. The molecule has 1 atom stereocenters. The van der Waals surface area contributed by atoms with Crippen LogP contribution in [0.1, 0.15) is 25.3 Å². The van der Waals surface area contributed by atoms with Crippen LogP contribution in [0.5, 0.6) is 0 Å². The number of piperidine rings is 1. The van der Waals surface area contributed by atoms with Crippen molar-refractivity contribution in [3.63, 3.8) is 0 Å². The van der Waals surface area contributed by atoms with E-state index in [0.717, 1.165) is 54.8 Å². The van der Waals surface area contributed by atoms with Gasteiger partial charge in [0.25, 0.3) is 0 Å². The molecular formula is C22H19ClF3N5. The number of rotatable bonds is 2. The third-order valence-electron chi connectivity index (χ3n) is 5.71. The molecule has 0 radical (unpaired) electrons. The van der Waals surface area contributed by atoms with Crippen molar-refractivity contribution in [1.29, 1.82) is 0 Å². The Kier molecular flexibility index (Phi) is 4.77. The number of benzene rings is 2. The van der Waals surface area contributed by atoms with Gasteiger partial charge in [0.2, 0.25) is 0 Å². The third-order valence-corrected chi connectivity index (χ3v) is 5.94. The molecule has 1 saturated heterocycles. The molecule has 0 aliphatic carbocycles. The standard InChI is InChI=1S/C22H19ClF3N5/c1-13-4-3-9-30(12-13)20-17-11-16(23)7-8-18(17)31-21(27-20)19(28-29-31)14-5-2-6-15(10-14)22(24,25)26/h2,5-8,10-11,13H,3-4,9,12H2,1H3. The highest BCUT2D eigenvalue weighted by Crippen LogP contribution is 2.35. The molecule has 5 rings (SSSR count). The van der Waals surface area contributed by atoms with Gasteiger partial charge >= 0.3 is 6.18 Å². The van der Waals surface area contributed by atoms with E-state index >= 15 is 0 Å². The van der Waals surface area contributed by atoms with Crippen molar-refractivity contribution < 1.29 is 13.2 Å². The summed E-state index contributed by atoms with van der Waals surface area (Å²) in [5.74, 6) is 1.28. The van der Waals surface area contributed by atoms with Gasteiger partial charge in [-0.25, -0.2) is 4.98 Å². The van der Waals surface area contributed by atoms with Gasteiger partial charge in [-0.05, 0) is 49.1 Å². The second kappa shape index (κ2) is 7.37. The van der Waals surface area contributed by atoms with Crippen molar-refractivity contribution in [1.82, 2.24) is 19.8 Å². The predicted molar refractivity (Wildman–Crippen MR) is 114 cm³/mol. The van der Waals surface area contributed by atoms with Gasteiger partial charge in [-0.15, -0.1) is 5.10 Å². The zero-order valence-corrected chi connectivity index (χ0v) is 17.5. The Bertz CT molecular complexity index is 1280. The molecule has 2 aromatic carbocycles. The summed E-state index contributed by atoms with van der Waals surface area (Å²) in [5.41, 5.74) is 1.08. The molecule has 2 aromatic heterocycles. The summed E-state index contributed by atoms with van der Waals surface area (Å²) in [6.45, 7) is 3.91. The quantitative estimate of drug-likeness (QED) is 0.388. The Labute approximate surface area is 181 Å². The minimum absolute atomic E-state index is 0.314. The molecule has 3 heterocycles. The number of alkyl halides is 3. The van der Waals surface area contributed by atoms with E-state index in [1.165, 1.54) is 6.07 Å². The zero-order chi connectivity index (χ0) is 21.8. The Hall–Kier alpha value is -2.87. The Morgan fingerprint density at radius 3 is 2.74 bits per heavy atom. The van der Waals surface area contributed by atoms with Crippen LogP contribution in [0.25, 0.3) is 27.8 Å². The first-order chi connectivity index (χ1) is 14.8. The van der Waals surface area contributed by atoms with Crippen molar-refractivity contribution in [2.45, 2.75) is 25.9 Å². The molecule has 5 nitrogen and oxygen atoms in total. The minimum Gasteiger partial charge on any atom is -0.356 e. The van der Waals surface area contributed by atoms with Crippen LogP contribution in [0.4, 0.5) is 19.0 Å². The van der Waals surface area contributed by atoms with E-state index in [2.05, 4.69) is 22.1 Å². The van der Waals surface area contributed by atoms with Gasteiger partial charge in [0.1, 0.15) is 11.5 Å². The van der Waals surface area contributed by atoms with Crippen LogP contribution in [0.15, 0.2) is 42.5 Å². The summed E-state index contributed by atoms with van der Waals surface area (Å²) in [6, 6.07) is 10.5. The molecule has 0 spiro atoms. The van der Waals surface area contributed by atoms with Crippen molar-refractivity contribution >= 4 is 34.0 Å². The molecule has 1 fully saturated rings. The average molecular weight is 446 g/mol. The van der Waals surface area contributed by atoms with Crippen LogP contribution in [0.3, 0.4) is 0 Å². The van der Waals surface area contributed by atoms with Crippen LogP contribution in [-0.4, -0.2) is 32.9 Å². The smallest absolute Gasteiger partial charge is 0.356 e. The van der Waals surface area contributed by atoms with Gasteiger partial charge in [0, 0.05) is 29.1 Å². The fraction of sp³-hybridized carbons (Fsp3) is 0.318. The molecule has 160 valence electrons. The monoisotopic (exact) mass is 445 g/mol. The molecule has 1 unspecified atom stereocenters. The van der Waals surface area contributed by atoms with E-state index < -0.39 is 11.7 Å². The number of hydrogen-bond acceptors (Lipinski definition) is 4. The first kappa shape index (κ1) is 20.1. The molecule has 1 aliphatic heterocycles. The lowest BCUT2D eigenvalue weighted by molar-refractivity contribution is -0.137. The Morgan fingerprint density at radius 1 is 1.13 bits per heavy atom. The SMILES string of the molecule is CC1CCCN(c2nc3c(-c4cccc(C(F)(F)F)c4)nnn3c3ccc(Cl)cc23)C1. The maximum absolute atomic E-state index is 13.2. The number of fused-ring (bicyclic) bond motifs is 3. The van der Waals surface area contributed by atoms with Crippen molar-refractivity contribution in [2.24, 2.45) is 5.92 Å². The van der Waals surface area contributed by atoms with Gasteiger partial charge in [-0.3, -0.25) is 0 Å². The average Bonchev–Trinajstić information content (AvgIpc) is 3.16. The second-order valence-corrected chi connectivity index (χ2v) is 8.48. The molecule has 0 saturated carbocycles. The highest BCUT2D eigenvalue weighted by molar-refractivity contribution is 6.31. The van der Waals surface area contributed by atoms with Gasteiger partial charge in [-0.1, -0.05) is 35.9 Å². The molecule has 0 N–H and O–H groups in total. The summed E-state index contributed by atoms with van der Waals surface area (Å²) in [7, 11) is 0. The van der Waals surface area contributed by atoms with Crippen LogP contribution in [0.2, 0.25) is 5.02 Å². The van der Waals surface area contributed by atoms with E-state index in [9.17, 15) is 13.2 Å². The van der Waals surface area contributed by atoms with E-state index in [1.807, 2.05) is 12.1 Å². The zero-order valence-electron chi connectivity index (χ0n) is 16.7. The summed E-state index contributed by atoms with van der Waals surface area (Å²) >= 11 is 6.27. The lowest BCUT2D eigenvalue weighted by atomic mass is 10.00. The van der Waals surface area contributed by atoms with Crippen LogP contribution in [0, 0.1) is 5.92 Å². The molecule has 0 amide bonds. The summed E-state index contributed by atoms with van der Waals surface area (Å²) < 4.78 is 41.3. The summed E-state index contributed by atoms with van der Waals surface area (Å²) in [5, 5.41) is 9.83. The number of hydrogen-bond donors (Lipinski definition) is 0. The maximum atomic E-state index is 13.2. The Balaban J connectivity index is 1.75. The normalized spacial score (nSPS) is 17.6. The van der Waals surface area contributed by atoms with Gasteiger partial charge < -0.3 is 4.90 Å². The lowest BCUT2D eigenvalue weighted by Crippen LogP contribution is -2.35. The van der Waals surface area contributed by atoms with Gasteiger partial charge in [0.15, 0.2) is 5.65 Å². The highest BCUT2D eigenvalue weighted by atomic mass is 35.5.